The number of esters is 5. The van der Waals surface area contributed by atoms with Crippen LogP contribution in [0.4, 0.5) is 4.39 Å². The van der Waals surface area contributed by atoms with Crippen LogP contribution in [0, 0.1) is 29.5 Å². The fraction of sp³-hybridized carbons (Fsp3) is 0.0755. The third-order valence-corrected chi connectivity index (χ3v) is 8.23. The van der Waals surface area contributed by atoms with Crippen LogP contribution >= 0.6 is 0 Å². The number of hydrogen-bond acceptors (Lipinski definition) is 10. The van der Waals surface area contributed by atoms with Gasteiger partial charge in [-0.2, -0.15) is 0 Å². The van der Waals surface area contributed by atoms with Crippen molar-refractivity contribution in [1.82, 2.24) is 0 Å². The second-order valence-electron chi connectivity index (χ2n) is 13.7. The molecule has 10 nitrogen and oxygen atoms in total. The van der Waals surface area contributed by atoms with Gasteiger partial charge in [0, 0.05) is 55.7 Å². The van der Waals surface area contributed by atoms with Gasteiger partial charge in [-0.05, 0) is 118 Å². The number of rotatable bonds is 14. The molecule has 0 heterocycles. The molecule has 0 radical (unpaired) electrons. The summed E-state index contributed by atoms with van der Waals surface area (Å²) in [4.78, 5) is 61.3. The molecule has 0 aliphatic heterocycles. The van der Waals surface area contributed by atoms with E-state index in [0.29, 0.717) is 22.3 Å². The molecule has 0 N–H and O–H groups in total. The zero-order valence-corrected chi connectivity index (χ0v) is 35.4. The fourth-order valence-corrected chi connectivity index (χ4v) is 4.78. The SMILES string of the molecule is C=C(C)C(=O)OC=Cc1ccc(C#Cc2ccc(C(=O)Oc3c(F)cc(C#Cc4ccc(C=COC(=O)C(=C)C)cc4)c(C=COC(=O)C(=C)C)c3C=COC(=O)C(=C)C)cc2)cc1. The summed E-state index contributed by atoms with van der Waals surface area (Å²) < 4.78 is 42.1. The van der Waals surface area contributed by atoms with Crippen LogP contribution in [0.3, 0.4) is 0 Å². The zero-order chi connectivity index (χ0) is 46.8. The molecule has 0 aromatic heterocycles. The highest BCUT2D eigenvalue weighted by Gasteiger charge is 2.21. The maximum atomic E-state index is 16.2. The Balaban J connectivity index is 1.67. The minimum atomic E-state index is -0.999. The second-order valence-corrected chi connectivity index (χ2v) is 13.7. The molecule has 0 aliphatic carbocycles. The van der Waals surface area contributed by atoms with Crippen molar-refractivity contribution < 1.29 is 52.0 Å². The van der Waals surface area contributed by atoms with Crippen LogP contribution < -0.4 is 4.74 Å². The van der Waals surface area contributed by atoms with Crippen LogP contribution in [0.2, 0.25) is 0 Å². The van der Waals surface area contributed by atoms with Gasteiger partial charge in [-0.3, -0.25) is 0 Å². The van der Waals surface area contributed by atoms with Crippen molar-refractivity contribution in [2.75, 3.05) is 0 Å². The van der Waals surface area contributed by atoms with Gasteiger partial charge in [0.25, 0.3) is 0 Å². The lowest BCUT2D eigenvalue weighted by Gasteiger charge is -2.14. The summed E-state index contributed by atoms with van der Waals surface area (Å²) in [6.45, 7) is 20.2. The molecule has 320 valence electrons. The Morgan fingerprint density at radius 3 is 1.22 bits per heavy atom. The van der Waals surface area contributed by atoms with Crippen molar-refractivity contribution in [1.29, 1.82) is 0 Å². The molecule has 64 heavy (non-hydrogen) atoms. The Kier molecular flexibility index (Phi) is 17.4. The van der Waals surface area contributed by atoms with Gasteiger partial charge in [0.15, 0.2) is 11.6 Å². The molecule has 0 spiro atoms. The standard InChI is InChI=1S/C53H41FO10/c1-34(2)49(55)60-29-25-41-15-11-38(12-16-41)9-10-40-19-22-43(23-20-40)53(59)64-48-46(28-32-63-52(58)37(7)8)45(27-31-62-51(57)36(5)6)44(33-47(48)54)24-21-39-13-17-42(18-14-39)26-30-61-50(56)35(3)4/h11-20,22-23,25-33H,1,3,5,7H2,2,4,6,8H3. The normalized spacial score (nSPS) is 10.6. The summed E-state index contributed by atoms with van der Waals surface area (Å²) in [5.41, 5.74) is 4.12. The van der Waals surface area contributed by atoms with E-state index in [1.54, 1.807) is 79.7 Å². The lowest BCUT2D eigenvalue weighted by Crippen LogP contribution is -2.12. The summed E-state index contributed by atoms with van der Waals surface area (Å²) in [6, 6.07) is 21.1. The number of carbonyl (C=O) groups is 5. The van der Waals surface area contributed by atoms with Crippen molar-refractivity contribution in [3.05, 3.63) is 208 Å². The maximum absolute atomic E-state index is 16.2. The van der Waals surface area contributed by atoms with Crippen LogP contribution in [0.1, 0.15) is 82.6 Å². The van der Waals surface area contributed by atoms with Gasteiger partial charge in [0.1, 0.15) is 0 Å². The summed E-state index contributed by atoms with van der Waals surface area (Å²) in [7, 11) is 0. The molecule has 11 heteroatoms. The minimum absolute atomic E-state index is 0.0562. The highest BCUT2D eigenvalue weighted by atomic mass is 19.1. The van der Waals surface area contributed by atoms with Gasteiger partial charge in [0.05, 0.1) is 30.6 Å². The predicted molar refractivity (Wildman–Crippen MR) is 242 cm³/mol. The molecule has 0 unspecified atom stereocenters. The third kappa shape index (κ3) is 14.7. The maximum Gasteiger partial charge on any atom is 0.343 e. The van der Waals surface area contributed by atoms with E-state index in [2.05, 4.69) is 50.0 Å². The van der Waals surface area contributed by atoms with E-state index in [9.17, 15) is 24.0 Å². The van der Waals surface area contributed by atoms with E-state index in [1.165, 1.54) is 57.6 Å². The van der Waals surface area contributed by atoms with E-state index < -0.39 is 41.4 Å². The topological polar surface area (TPSA) is 132 Å². The van der Waals surface area contributed by atoms with Crippen molar-refractivity contribution in [2.24, 2.45) is 0 Å². The molecule has 0 saturated heterocycles. The first-order chi connectivity index (χ1) is 30.5. The molecule has 0 aliphatic rings. The summed E-state index contributed by atoms with van der Waals surface area (Å²) >= 11 is 0. The first-order valence-electron chi connectivity index (χ1n) is 19.1. The molecular formula is C53H41FO10. The average molecular weight is 857 g/mol. The van der Waals surface area contributed by atoms with Gasteiger partial charge < -0.3 is 23.7 Å². The van der Waals surface area contributed by atoms with Crippen molar-refractivity contribution in [3.63, 3.8) is 0 Å². The monoisotopic (exact) mass is 856 g/mol. The second kappa shape index (κ2) is 23.3. The molecule has 4 aromatic carbocycles. The number of ether oxygens (including phenoxy) is 5. The Morgan fingerprint density at radius 1 is 0.484 bits per heavy atom. The summed E-state index contributed by atoms with van der Waals surface area (Å²) in [5, 5.41) is 0. The average Bonchev–Trinajstić information content (AvgIpc) is 3.27. The Bertz CT molecular complexity index is 2780. The molecule has 0 amide bonds. The van der Waals surface area contributed by atoms with Crippen molar-refractivity contribution >= 4 is 54.2 Å². The first-order valence-corrected chi connectivity index (χ1v) is 19.1. The predicted octanol–water partition coefficient (Wildman–Crippen LogP) is 10.2. The largest absolute Gasteiger partial charge is 0.431 e. The van der Waals surface area contributed by atoms with Crippen LogP contribution in [0.5, 0.6) is 5.75 Å². The highest BCUT2D eigenvalue weighted by molar-refractivity contribution is 5.93. The lowest BCUT2D eigenvalue weighted by atomic mass is 9.98. The molecule has 0 fully saturated rings. The van der Waals surface area contributed by atoms with Crippen LogP contribution in [-0.4, -0.2) is 29.8 Å². The molecule has 0 saturated carbocycles. The number of hydrogen-bond donors (Lipinski definition) is 0. The minimum Gasteiger partial charge on any atom is -0.431 e. The number of halogens is 1. The van der Waals surface area contributed by atoms with E-state index in [0.717, 1.165) is 24.2 Å². The first kappa shape index (κ1) is 47.9. The summed E-state index contributed by atoms with van der Waals surface area (Å²) in [6.07, 6.45) is 10.2. The number of carbonyl (C=O) groups excluding carboxylic acids is 5. The molecular weight excluding hydrogens is 816 g/mol. The molecule has 0 atom stereocenters. The van der Waals surface area contributed by atoms with Gasteiger partial charge in [-0.1, -0.05) is 74.3 Å². The highest BCUT2D eigenvalue weighted by Crippen LogP contribution is 2.33. The Hall–Kier alpha value is -8.80. The van der Waals surface area contributed by atoms with Crippen LogP contribution in [0.25, 0.3) is 24.3 Å². The van der Waals surface area contributed by atoms with Gasteiger partial charge in [0.2, 0.25) is 0 Å². The van der Waals surface area contributed by atoms with Gasteiger partial charge in [-0.15, -0.1) is 0 Å². The van der Waals surface area contributed by atoms with E-state index >= 15 is 4.39 Å². The van der Waals surface area contributed by atoms with E-state index in [1.807, 2.05) is 0 Å². The Morgan fingerprint density at radius 2 is 0.828 bits per heavy atom. The van der Waals surface area contributed by atoms with Crippen molar-refractivity contribution in [3.8, 4) is 29.4 Å². The molecule has 4 rings (SSSR count). The van der Waals surface area contributed by atoms with Crippen LogP contribution in [-0.2, 0) is 38.1 Å². The van der Waals surface area contributed by atoms with Gasteiger partial charge >= 0.3 is 29.8 Å². The van der Waals surface area contributed by atoms with E-state index in [-0.39, 0.29) is 44.5 Å². The fourth-order valence-electron chi connectivity index (χ4n) is 4.78. The Labute approximate surface area is 370 Å². The third-order valence-electron chi connectivity index (χ3n) is 8.23. The number of benzene rings is 4. The quantitative estimate of drug-likeness (QED) is 0.0302. The zero-order valence-electron chi connectivity index (χ0n) is 35.4. The van der Waals surface area contributed by atoms with Crippen LogP contribution in [0.15, 0.2) is 153 Å². The van der Waals surface area contributed by atoms with Crippen molar-refractivity contribution in [2.45, 2.75) is 27.7 Å². The molecule has 0 bridgehead atoms. The van der Waals surface area contributed by atoms with E-state index in [4.69, 9.17) is 23.7 Å². The summed E-state index contributed by atoms with van der Waals surface area (Å²) in [5.74, 6) is 6.82. The molecule has 4 aromatic rings. The van der Waals surface area contributed by atoms with Gasteiger partial charge in [-0.25, -0.2) is 28.4 Å². The lowest BCUT2D eigenvalue weighted by molar-refractivity contribution is -0.134. The smallest absolute Gasteiger partial charge is 0.343 e.